The highest BCUT2D eigenvalue weighted by Gasteiger charge is 2.08. The predicted molar refractivity (Wildman–Crippen MR) is 82.9 cm³/mol. The average molecular weight is 283 g/mol. The number of aryl methyl sites for hydroxylation is 1. The Morgan fingerprint density at radius 1 is 1.10 bits per heavy atom. The molecule has 0 aliphatic carbocycles. The molecule has 0 fully saturated rings. The molecular formula is C16H17N3O2. The fraction of sp³-hybridized carbons (Fsp3) is 0.125. The van der Waals surface area contributed by atoms with Crippen LogP contribution in [-0.4, -0.2) is 11.8 Å². The van der Waals surface area contributed by atoms with Gasteiger partial charge < -0.3 is 16.8 Å². The number of hydrogen-bond donors (Lipinski definition) is 3. The standard InChI is InChI=1S/C16H17N3O2/c1-10-8-12(16(18)21)4-7-14(10)19-15(20)9-11-2-5-13(17)6-3-11/h2-8H,9,17H2,1H3,(H2,18,21)(H,19,20). The van der Waals surface area contributed by atoms with Crippen molar-refractivity contribution in [2.45, 2.75) is 13.3 Å². The van der Waals surface area contributed by atoms with E-state index in [0.29, 0.717) is 16.9 Å². The lowest BCUT2D eigenvalue weighted by Crippen LogP contribution is -2.16. The van der Waals surface area contributed by atoms with Gasteiger partial charge >= 0.3 is 0 Å². The molecule has 5 nitrogen and oxygen atoms in total. The van der Waals surface area contributed by atoms with E-state index in [-0.39, 0.29) is 12.3 Å². The van der Waals surface area contributed by atoms with Gasteiger partial charge in [-0.3, -0.25) is 9.59 Å². The smallest absolute Gasteiger partial charge is 0.248 e. The van der Waals surface area contributed by atoms with E-state index < -0.39 is 5.91 Å². The third-order valence-electron chi connectivity index (χ3n) is 3.13. The largest absolute Gasteiger partial charge is 0.399 e. The highest BCUT2D eigenvalue weighted by Crippen LogP contribution is 2.17. The number of rotatable bonds is 4. The molecular weight excluding hydrogens is 266 g/mol. The molecule has 0 unspecified atom stereocenters. The van der Waals surface area contributed by atoms with Crippen molar-refractivity contribution in [3.63, 3.8) is 0 Å². The third-order valence-corrected chi connectivity index (χ3v) is 3.13. The van der Waals surface area contributed by atoms with Crippen LogP contribution in [0.25, 0.3) is 0 Å². The zero-order chi connectivity index (χ0) is 15.4. The average Bonchev–Trinajstić information content (AvgIpc) is 2.43. The first-order valence-electron chi connectivity index (χ1n) is 6.50. The Kier molecular flexibility index (Phi) is 4.23. The fourth-order valence-corrected chi connectivity index (χ4v) is 1.97. The first kappa shape index (κ1) is 14.6. The molecule has 108 valence electrons. The summed E-state index contributed by atoms with van der Waals surface area (Å²) in [5.74, 6) is -0.618. The minimum absolute atomic E-state index is 0.130. The molecule has 0 radical (unpaired) electrons. The molecule has 0 saturated carbocycles. The second-order valence-corrected chi connectivity index (χ2v) is 4.86. The Hall–Kier alpha value is -2.82. The number of carbonyl (C=O) groups is 2. The van der Waals surface area contributed by atoms with Gasteiger partial charge in [0.1, 0.15) is 0 Å². The van der Waals surface area contributed by atoms with Crippen LogP contribution in [0.4, 0.5) is 11.4 Å². The van der Waals surface area contributed by atoms with Crippen molar-refractivity contribution in [3.05, 3.63) is 59.2 Å². The van der Waals surface area contributed by atoms with Crippen molar-refractivity contribution < 1.29 is 9.59 Å². The number of benzene rings is 2. The first-order chi connectivity index (χ1) is 9.95. The van der Waals surface area contributed by atoms with Crippen LogP contribution in [0.3, 0.4) is 0 Å². The Balaban J connectivity index is 2.06. The number of amides is 2. The maximum absolute atomic E-state index is 12.0. The normalized spacial score (nSPS) is 10.1. The van der Waals surface area contributed by atoms with E-state index in [9.17, 15) is 9.59 Å². The number of nitrogen functional groups attached to an aromatic ring is 1. The number of primary amides is 1. The van der Waals surface area contributed by atoms with Crippen molar-refractivity contribution in [2.75, 3.05) is 11.1 Å². The molecule has 0 aliphatic heterocycles. The number of hydrogen-bond acceptors (Lipinski definition) is 3. The van der Waals surface area contributed by atoms with E-state index >= 15 is 0 Å². The number of nitrogens with one attached hydrogen (secondary N) is 1. The van der Waals surface area contributed by atoms with Gasteiger partial charge in [-0.15, -0.1) is 0 Å². The molecule has 5 N–H and O–H groups in total. The van der Waals surface area contributed by atoms with Crippen LogP contribution >= 0.6 is 0 Å². The zero-order valence-electron chi connectivity index (χ0n) is 11.7. The highest BCUT2D eigenvalue weighted by molar-refractivity contribution is 5.96. The molecule has 0 bridgehead atoms. The summed E-state index contributed by atoms with van der Waals surface area (Å²) in [4.78, 5) is 23.1. The Bertz CT molecular complexity index is 678. The van der Waals surface area contributed by atoms with Gasteiger partial charge in [-0.1, -0.05) is 12.1 Å². The topological polar surface area (TPSA) is 98.2 Å². The van der Waals surface area contributed by atoms with Crippen LogP contribution in [0.5, 0.6) is 0 Å². The van der Waals surface area contributed by atoms with Crippen molar-refractivity contribution in [1.82, 2.24) is 0 Å². The lowest BCUT2D eigenvalue weighted by Gasteiger charge is -2.09. The van der Waals surface area contributed by atoms with E-state index in [0.717, 1.165) is 11.1 Å². The number of carbonyl (C=O) groups excluding carboxylic acids is 2. The SMILES string of the molecule is Cc1cc(C(N)=O)ccc1NC(=O)Cc1ccc(N)cc1. The molecule has 0 saturated heterocycles. The predicted octanol–water partition coefficient (Wildman–Crippen LogP) is 1.86. The van der Waals surface area contributed by atoms with Crippen molar-refractivity contribution in [2.24, 2.45) is 5.73 Å². The summed E-state index contributed by atoms with van der Waals surface area (Å²) >= 11 is 0. The van der Waals surface area contributed by atoms with Gasteiger partial charge in [0.2, 0.25) is 11.8 Å². The van der Waals surface area contributed by atoms with E-state index in [1.807, 2.05) is 19.1 Å². The van der Waals surface area contributed by atoms with E-state index in [1.165, 1.54) is 0 Å². The lowest BCUT2D eigenvalue weighted by atomic mass is 10.1. The zero-order valence-corrected chi connectivity index (χ0v) is 11.7. The highest BCUT2D eigenvalue weighted by atomic mass is 16.2. The molecule has 2 aromatic carbocycles. The van der Waals surface area contributed by atoms with Crippen LogP contribution in [0.1, 0.15) is 21.5 Å². The van der Waals surface area contributed by atoms with Gasteiger partial charge in [-0.25, -0.2) is 0 Å². The lowest BCUT2D eigenvalue weighted by molar-refractivity contribution is -0.115. The van der Waals surface area contributed by atoms with Crippen LogP contribution < -0.4 is 16.8 Å². The second-order valence-electron chi connectivity index (χ2n) is 4.86. The van der Waals surface area contributed by atoms with Crippen LogP contribution in [0.15, 0.2) is 42.5 Å². The Morgan fingerprint density at radius 3 is 2.33 bits per heavy atom. The van der Waals surface area contributed by atoms with Crippen LogP contribution in [0.2, 0.25) is 0 Å². The minimum Gasteiger partial charge on any atom is -0.399 e. The molecule has 2 aromatic rings. The van der Waals surface area contributed by atoms with Gasteiger partial charge in [0, 0.05) is 16.9 Å². The maximum Gasteiger partial charge on any atom is 0.248 e. The molecule has 0 spiro atoms. The summed E-state index contributed by atoms with van der Waals surface area (Å²) < 4.78 is 0. The molecule has 21 heavy (non-hydrogen) atoms. The summed E-state index contributed by atoms with van der Waals surface area (Å²) in [5.41, 5.74) is 14.2. The molecule has 2 rings (SSSR count). The molecule has 0 atom stereocenters. The molecule has 0 heterocycles. The van der Waals surface area contributed by atoms with E-state index in [4.69, 9.17) is 11.5 Å². The monoisotopic (exact) mass is 283 g/mol. The molecule has 2 amide bonds. The Morgan fingerprint density at radius 2 is 1.76 bits per heavy atom. The summed E-state index contributed by atoms with van der Waals surface area (Å²) in [7, 11) is 0. The summed E-state index contributed by atoms with van der Waals surface area (Å²) in [6, 6.07) is 12.1. The van der Waals surface area contributed by atoms with E-state index in [1.54, 1.807) is 30.3 Å². The number of anilines is 2. The summed E-state index contributed by atoms with van der Waals surface area (Å²) in [6.45, 7) is 1.81. The molecule has 5 heteroatoms. The van der Waals surface area contributed by atoms with Crippen molar-refractivity contribution >= 4 is 23.2 Å². The van der Waals surface area contributed by atoms with Crippen molar-refractivity contribution in [3.8, 4) is 0 Å². The second kappa shape index (κ2) is 6.09. The van der Waals surface area contributed by atoms with Crippen LogP contribution in [0, 0.1) is 6.92 Å². The maximum atomic E-state index is 12.0. The van der Waals surface area contributed by atoms with Gasteiger partial charge in [-0.2, -0.15) is 0 Å². The minimum atomic E-state index is -0.488. The summed E-state index contributed by atoms with van der Waals surface area (Å²) in [6.07, 6.45) is 0.261. The van der Waals surface area contributed by atoms with E-state index in [2.05, 4.69) is 5.32 Å². The third kappa shape index (κ3) is 3.82. The summed E-state index contributed by atoms with van der Waals surface area (Å²) in [5, 5.41) is 2.82. The fourth-order valence-electron chi connectivity index (χ4n) is 1.97. The molecule has 0 aliphatic rings. The number of nitrogens with two attached hydrogens (primary N) is 2. The van der Waals surface area contributed by atoms with Gasteiger partial charge in [0.25, 0.3) is 0 Å². The molecule has 0 aromatic heterocycles. The first-order valence-corrected chi connectivity index (χ1v) is 6.50. The quantitative estimate of drug-likeness (QED) is 0.747. The van der Waals surface area contributed by atoms with Gasteiger partial charge in [0.05, 0.1) is 6.42 Å². The van der Waals surface area contributed by atoms with Crippen LogP contribution in [-0.2, 0) is 11.2 Å². The Labute approximate surface area is 123 Å². The van der Waals surface area contributed by atoms with Crippen molar-refractivity contribution in [1.29, 1.82) is 0 Å². The van der Waals surface area contributed by atoms with Gasteiger partial charge in [-0.05, 0) is 48.4 Å². The van der Waals surface area contributed by atoms with Gasteiger partial charge in [0.15, 0.2) is 0 Å².